The lowest BCUT2D eigenvalue weighted by Crippen LogP contribution is -2.20. The molecule has 0 aromatic rings. The summed E-state index contributed by atoms with van der Waals surface area (Å²) in [7, 11) is 0. The first kappa shape index (κ1) is 6.04. The van der Waals surface area contributed by atoms with E-state index in [1.165, 1.54) is 0 Å². The van der Waals surface area contributed by atoms with Crippen molar-refractivity contribution < 1.29 is 14.2 Å². The van der Waals surface area contributed by atoms with E-state index < -0.39 is 5.79 Å². The Balaban J connectivity index is 2.01. The molecule has 0 unspecified atom stereocenters. The highest BCUT2D eigenvalue weighted by Gasteiger charge is 2.38. The molecule has 0 saturated carbocycles. The quantitative estimate of drug-likeness (QED) is 0.512. The highest BCUT2D eigenvalue weighted by molar-refractivity contribution is 5.07. The number of rotatable bonds is 1. The Morgan fingerprint density at radius 1 is 1.60 bits per heavy atom. The first-order valence-corrected chi connectivity index (χ1v) is 3.36. The maximum Gasteiger partial charge on any atom is 0.244 e. The van der Waals surface area contributed by atoms with Crippen molar-refractivity contribution in [1.29, 1.82) is 0 Å². The fourth-order valence-electron chi connectivity index (χ4n) is 0.886. The Morgan fingerprint density at radius 2 is 2.30 bits per heavy atom. The van der Waals surface area contributed by atoms with Crippen LogP contribution in [0.4, 0.5) is 0 Å². The molecule has 3 heteroatoms. The Bertz CT molecular complexity index is 179. The zero-order chi connectivity index (χ0) is 7.19. The van der Waals surface area contributed by atoms with Crippen molar-refractivity contribution in [3.63, 3.8) is 0 Å². The van der Waals surface area contributed by atoms with Gasteiger partial charge in [0.1, 0.15) is 12.4 Å². The summed E-state index contributed by atoms with van der Waals surface area (Å²) in [5.74, 6) is 0.339. The number of ether oxygens (including phenoxy) is 3. The zero-order valence-corrected chi connectivity index (χ0v) is 6.09. The van der Waals surface area contributed by atoms with Crippen molar-refractivity contribution >= 4 is 0 Å². The molecule has 1 fully saturated rings. The third kappa shape index (κ3) is 0.968. The lowest BCUT2D eigenvalue weighted by molar-refractivity contribution is -0.118. The van der Waals surface area contributed by atoms with Gasteiger partial charge in [0, 0.05) is 13.8 Å². The van der Waals surface area contributed by atoms with Gasteiger partial charge in [-0.1, -0.05) is 0 Å². The van der Waals surface area contributed by atoms with Gasteiger partial charge in [-0.3, -0.25) is 0 Å². The van der Waals surface area contributed by atoms with Gasteiger partial charge in [-0.05, 0) is 0 Å². The average molecular weight is 142 g/mol. The van der Waals surface area contributed by atoms with Crippen LogP contribution in [0.2, 0.25) is 0 Å². The van der Waals surface area contributed by atoms with Crippen LogP contribution in [0.3, 0.4) is 0 Å². The normalized spacial score (nSPS) is 34.2. The maximum atomic E-state index is 5.39. The van der Waals surface area contributed by atoms with E-state index in [9.17, 15) is 0 Å². The van der Waals surface area contributed by atoms with Gasteiger partial charge < -0.3 is 14.2 Å². The highest BCUT2D eigenvalue weighted by atomic mass is 16.7. The molecule has 2 aliphatic rings. The Morgan fingerprint density at radius 3 is 2.70 bits per heavy atom. The standard InChI is InChI=1S/C7H10O3/c1-7(2)9-4-6(10-7)5-3-8-5/h4-5H,3H2,1-2H3/t5-/m0/s1. The van der Waals surface area contributed by atoms with Gasteiger partial charge in [0.15, 0.2) is 5.76 Å². The summed E-state index contributed by atoms with van der Waals surface area (Å²) in [4.78, 5) is 0. The number of hydrogen-bond donors (Lipinski definition) is 0. The van der Waals surface area contributed by atoms with Crippen LogP contribution in [-0.4, -0.2) is 18.5 Å². The third-order valence-corrected chi connectivity index (χ3v) is 1.47. The predicted octanol–water partition coefficient (Wildman–Crippen LogP) is 1.01. The summed E-state index contributed by atoms with van der Waals surface area (Å²) >= 11 is 0. The van der Waals surface area contributed by atoms with Gasteiger partial charge in [-0.15, -0.1) is 0 Å². The molecule has 1 atom stereocenters. The van der Waals surface area contributed by atoms with Crippen LogP contribution < -0.4 is 0 Å². The maximum absolute atomic E-state index is 5.39. The fourth-order valence-corrected chi connectivity index (χ4v) is 0.886. The molecule has 0 bridgehead atoms. The Hall–Kier alpha value is -0.700. The molecular weight excluding hydrogens is 132 g/mol. The molecule has 2 rings (SSSR count). The minimum Gasteiger partial charge on any atom is -0.457 e. The van der Waals surface area contributed by atoms with Crippen molar-refractivity contribution in [1.82, 2.24) is 0 Å². The van der Waals surface area contributed by atoms with Crippen LogP contribution in [0.15, 0.2) is 12.0 Å². The SMILES string of the molecule is CC1(C)OC=C([C@@H]2CO2)O1. The second-order valence-electron chi connectivity index (χ2n) is 2.96. The van der Waals surface area contributed by atoms with Gasteiger partial charge in [-0.25, -0.2) is 0 Å². The largest absolute Gasteiger partial charge is 0.457 e. The van der Waals surface area contributed by atoms with Crippen molar-refractivity contribution in [2.24, 2.45) is 0 Å². The van der Waals surface area contributed by atoms with Crippen molar-refractivity contribution in [2.45, 2.75) is 25.7 Å². The van der Waals surface area contributed by atoms with E-state index in [1.54, 1.807) is 6.26 Å². The van der Waals surface area contributed by atoms with E-state index >= 15 is 0 Å². The molecule has 2 heterocycles. The molecule has 3 nitrogen and oxygen atoms in total. The van der Waals surface area contributed by atoms with Gasteiger partial charge in [-0.2, -0.15) is 0 Å². The summed E-state index contributed by atoms with van der Waals surface area (Å²) in [6.45, 7) is 4.52. The lowest BCUT2D eigenvalue weighted by Gasteiger charge is -2.17. The van der Waals surface area contributed by atoms with Crippen molar-refractivity contribution in [3.05, 3.63) is 12.0 Å². The molecule has 0 N–H and O–H groups in total. The second-order valence-corrected chi connectivity index (χ2v) is 2.96. The summed E-state index contributed by atoms with van der Waals surface area (Å²) in [5, 5.41) is 0. The summed E-state index contributed by atoms with van der Waals surface area (Å²) in [6, 6.07) is 0. The first-order valence-electron chi connectivity index (χ1n) is 3.36. The third-order valence-electron chi connectivity index (χ3n) is 1.47. The minimum absolute atomic E-state index is 0.168. The van der Waals surface area contributed by atoms with Crippen molar-refractivity contribution in [2.75, 3.05) is 6.61 Å². The van der Waals surface area contributed by atoms with Crippen LogP contribution in [-0.2, 0) is 14.2 Å². The van der Waals surface area contributed by atoms with E-state index in [2.05, 4.69) is 0 Å². The van der Waals surface area contributed by atoms with Crippen LogP contribution in [0.25, 0.3) is 0 Å². The monoisotopic (exact) mass is 142 g/mol. The molecule has 0 spiro atoms. The van der Waals surface area contributed by atoms with E-state index in [4.69, 9.17) is 14.2 Å². The van der Waals surface area contributed by atoms with Gasteiger partial charge >= 0.3 is 0 Å². The molecule has 0 aromatic carbocycles. The number of hydrogen-bond acceptors (Lipinski definition) is 3. The van der Waals surface area contributed by atoms with E-state index in [-0.39, 0.29) is 6.10 Å². The lowest BCUT2D eigenvalue weighted by atomic mass is 10.4. The number of epoxide rings is 1. The summed E-state index contributed by atoms with van der Waals surface area (Å²) in [6.07, 6.45) is 1.80. The van der Waals surface area contributed by atoms with E-state index in [0.29, 0.717) is 0 Å². The molecule has 0 aliphatic carbocycles. The van der Waals surface area contributed by atoms with Crippen LogP contribution in [0.1, 0.15) is 13.8 Å². The van der Waals surface area contributed by atoms with Gasteiger partial charge in [0.2, 0.25) is 5.79 Å². The molecule has 56 valence electrons. The molecule has 0 amide bonds. The predicted molar refractivity (Wildman–Crippen MR) is 34.1 cm³/mol. The van der Waals surface area contributed by atoms with Crippen molar-refractivity contribution in [3.8, 4) is 0 Å². The molecular formula is C7H10O3. The smallest absolute Gasteiger partial charge is 0.244 e. The molecule has 0 radical (unpaired) electrons. The molecule has 10 heavy (non-hydrogen) atoms. The van der Waals surface area contributed by atoms with Gasteiger partial charge in [0.25, 0.3) is 0 Å². The van der Waals surface area contributed by atoms with Crippen LogP contribution in [0, 0.1) is 0 Å². The summed E-state index contributed by atoms with van der Waals surface area (Å²) < 4.78 is 15.6. The minimum atomic E-state index is -0.485. The van der Waals surface area contributed by atoms with E-state index in [0.717, 1.165) is 12.4 Å². The second kappa shape index (κ2) is 1.66. The Kier molecular flexibility index (Phi) is 1.01. The zero-order valence-electron chi connectivity index (χ0n) is 6.09. The average Bonchev–Trinajstić information content (AvgIpc) is 2.59. The van der Waals surface area contributed by atoms with E-state index in [1.807, 2.05) is 13.8 Å². The highest BCUT2D eigenvalue weighted by Crippen LogP contribution is 2.31. The van der Waals surface area contributed by atoms with Crippen LogP contribution >= 0.6 is 0 Å². The Labute approximate surface area is 59.6 Å². The molecule has 0 aromatic heterocycles. The van der Waals surface area contributed by atoms with Crippen LogP contribution in [0.5, 0.6) is 0 Å². The topological polar surface area (TPSA) is 31.0 Å². The molecule has 2 aliphatic heterocycles. The summed E-state index contributed by atoms with van der Waals surface area (Å²) in [5.41, 5.74) is 0. The van der Waals surface area contributed by atoms with Gasteiger partial charge in [0.05, 0.1) is 6.61 Å². The molecule has 1 saturated heterocycles. The first-order chi connectivity index (χ1) is 4.67. The fraction of sp³-hybridized carbons (Fsp3) is 0.714.